The summed E-state index contributed by atoms with van der Waals surface area (Å²) >= 11 is 3.53. The highest BCUT2D eigenvalue weighted by molar-refractivity contribution is 9.10. The quantitative estimate of drug-likeness (QED) is 0.532. The van der Waals surface area contributed by atoms with Gasteiger partial charge in [-0.3, -0.25) is 4.79 Å². The maximum atomic E-state index is 11.8. The molecule has 0 saturated carbocycles. The van der Waals surface area contributed by atoms with E-state index in [0.29, 0.717) is 5.75 Å². The molecule has 0 unspecified atom stereocenters. The molecule has 0 aliphatic rings. The summed E-state index contributed by atoms with van der Waals surface area (Å²) in [5, 5.41) is 6.05. The van der Waals surface area contributed by atoms with Gasteiger partial charge in [-0.05, 0) is 38.3 Å². The number of fused-ring (bicyclic) bond motifs is 1. The highest BCUT2D eigenvalue weighted by Gasteiger charge is 2.08. The van der Waals surface area contributed by atoms with Crippen LogP contribution in [0.3, 0.4) is 0 Å². The number of carbonyl (C=O) groups is 1. The van der Waals surface area contributed by atoms with Gasteiger partial charge in [0.05, 0.1) is 10.7 Å². The van der Waals surface area contributed by atoms with Crippen LogP contribution in [-0.4, -0.2) is 18.7 Å². The van der Waals surface area contributed by atoms with E-state index in [1.54, 1.807) is 6.21 Å². The van der Waals surface area contributed by atoms with Crippen LogP contribution in [0.1, 0.15) is 5.56 Å². The van der Waals surface area contributed by atoms with Gasteiger partial charge in [0, 0.05) is 0 Å². The number of rotatable bonds is 5. The first-order chi connectivity index (χ1) is 11.7. The maximum absolute atomic E-state index is 11.8. The van der Waals surface area contributed by atoms with Crippen LogP contribution < -0.4 is 10.2 Å². The van der Waals surface area contributed by atoms with Crippen molar-refractivity contribution in [1.82, 2.24) is 5.43 Å². The van der Waals surface area contributed by atoms with Crippen molar-refractivity contribution in [3.63, 3.8) is 0 Å². The lowest BCUT2D eigenvalue weighted by Crippen LogP contribution is -2.24. The standard InChI is InChI=1S/C19H15BrN2O2/c20-19-16-9-5-4-8-15(16)10-11-17(19)24-13-18(23)22-21-12-14-6-2-1-3-7-14/h1-12H,13H2,(H,22,23)/b21-12-. The van der Waals surface area contributed by atoms with E-state index in [1.807, 2.05) is 66.7 Å². The topological polar surface area (TPSA) is 50.7 Å². The third kappa shape index (κ3) is 4.00. The van der Waals surface area contributed by atoms with Crippen molar-refractivity contribution in [3.8, 4) is 5.75 Å². The molecule has 24 heavy (non-hydrogen) atoms. The molecular weight excluding hydrogens is 368 g/mol. The fraction of sp³-hybridized carbons (Fsp3) is 0.0526. The van der Waals surface area contributed by atoms with E-state index in [0.717, 1.165) is 20.8 Å². The van der Waals surface area contributed by atoms with Gasteiger partial charge in [0.1, 0.15) is 5.75 Å². The highest BCUT2D eigenvalue weighted by Crippen LogP contribution is 2.32. The van der Waals surface area contributed by atoms with Crippen LogP contribution in [0.5, 0.6) is 5.75 Å². The maximum Gasteiger partial charge on any atom is 0.277 e. The van der Waals surface area contributed by atoms with Crippen molar-refractivity contribution >= 4 is 38.8 Å². The second-order valence-corrected chi connectivity index (χ2v) is 5.88. The summed E-state index contributed by atoms with van der Waals surface area (Å²) in [5.74, 6) is 0.304. The van der Waals surface area contributed by atoms with Crippen LogP contribution in [0.4, 0.5) is 0 Å². The molecule has 120 valence electrons. The molecule has 0 aliphatic carbocycles. The Kier molecular flexibility index (Phi) is 5.23. The van der Waals surface area contributed by atoms with Gasteiger partial charge >= 0.3 is 0 Å². The van der Waals surface area contributed by atoms with Gasteiger partial charge < -0.3 is 4.74 Å². The van der Waals surface area contributed by atoms with Crippen LogP contribution in [0.25, 0.3) is 10.8 Å². The molecule has 0 radical (unpaired) electrons. The number of hydrazone groups is 1. The zero-order valence-corrected chi connectivity index (χ0v) is 14.4. The monoisotopic (exact) mass is 382 g/mol. The summed E-state index contributed by atoms with van der Waals surface area (Å²) in [6.45, 7) is -0.108. The summed E-state index contributed by atoms with van der Waals surface area (Å²) in [4.78, 5) is 11.8. The van der Waals surface area contributed by atoms with Crippen molar-refractivity contribution in [2.24, 2.45) is 5.10 Å². The Morgan fingerprint density at radius 2 is 1.79 bits per heavy atom. The molecule has 3 aromatic rings. The number of ether oxygens (including phenoxy) is 1. The molecule has 0 heterocycles. The lowest BCUT2D eigenvalue weighted by Gasteiger charge is -2.09. The predicted molar refractivity (Wildman–Crippen MR) is 99.3 cm³/mol. The lowest BCUT2D eigenvalue weighted by atomic mass is 10.1. The van der Waals surface area contributed by atoms with Crippen molar-refractivity contribution < 1.29 is 9.53 Å². The van der Waals surface area contributed by atoms with Gasteiger partial charge in [0.2, 0.25) is 0 Å². The van der Waals surface area contributed by atoms with Crippen LogP contribution in [0.15, 0.2) is 76.3 Å². The smallest absolute Gasteiger partial charge is 0.277 e. The van der Waals surface area contributed by atoms with Crippen LogP contribution in [-0.2, 0) is 4.79 Å². The zero-order valence-electron chi connectivity index (χ0n) is 12.8. The number of hydrogen-bond donors (Lipinski definition) is 1. The first-order valence-electron chi connectivity index (χ1n) is 7.41. The second kappa shape index (κ2) is 7.75. The van der Waals surface area contributed by atoms with Crippen LogP contribution in [0.2, 0.25) is 0 Å². The lowest BCUT2D eigenvalue weighted by molar-refractivity contribution is -0.123. The summed E-state index contributed by atoms with van der Waals surface area (Å²) in [5.41, 5.74) is 3.36. The van der Waals surface area contributed by atoms with Crippen molar-refractivity contribution in [1.29, 1.82) is 0 Å². The summed E-state index contributed by atoms with van der Waals surface area (Å²) in [6.07, 6.45) is 1.59. The molecule has 0 aromatic heterocycles. The largest absolute Gasteiger partial charge is 0.483 e. The molecule has 3 rings (SSSR count). The third-order valence-electron chi connectivity index (χ3n) is 3.39. The van der Waals surface area contributed by atoms with Gasteiger partial charge in [-0.15, -0.1) is 0 Å². The SMILES string of the molecule is O=C(COc1ccc2ccccc2c1Br)N/N=C\c1ccccc1. The summed E-state index contributed by atoms with van der Waals surface area (Å²) < 4.78 is 6.41. The number of halogens is 1. The first kappa shape index (κ1) is 16.2. The minimum absolute atomic E-state index is 0.108. The molecule has 5 heteroatoms. The normalized spacial score (nSPS) is 10.9. The predicted octanol–water partition coefficient (Wildman–Crippen LogP) is 4.13. The van der Waals surface area contributed by atoms with Gasteiger partial charge in [-0.25, -0.2) is 5.43 Å². The number of amides is 1. The van der Waals surface area contributed by atoms with E-state index >= 15 is 0 Å². The van der Waals surface area contributed by atoms with Crippen LogP contribution >= 0.6 is 15.9 Å². The Morgan fingerprint density at radius 3 is 2.62 bits per heavy atom. The third-order valence-corrected chi connectivity index (χ3v) is 4.21. The van der Waals surface area contributed by atoms with E-state index in [9.17, 15) is 4.79 Å². The van der Waals surface area contributed by atoms with Gasteiger partial charge in [0.15, 0.2) is 6.61 Å². The van der Waals surface area contributed by atoms with Gasteiger partial charge in [-0.2, -0.15) is 5.10 Å². The molecule has 3 aromatic carbocycles. The molecule has 0 fully saturated rings. The first-order valence-corrected chi connectivity index (χ1v) is 8.20. The van der Waals surface area contributed by atoms with E-state index in [2.05, 4.69) is 26.5 Å². The van der Waals surface area contributed by atoms with E-state index in [1.165, 1.54) is 0 Å². The Morgan fingerprint density at radius 1 is 1.04 bits per heavy atom. The Balaban J connectivity index is 1.58. The van der Waals surface area contributed by atoms with E-state index in [4.69, 9.17) is 4.74 Å². The van der Waals surface area contributed by atoms with E-state index < -0.39 is 0 Å². The van der Waals surface area contributed by atoms with Crippen molar-refractivity contribution in [2.75, 3.05) is 6.61 Å². The minimum atomic E-state index is -0.317. The summed E-state index contributed by atoms with van der Waals surface area (Å²) in [6, 6.07) is 21.3. The molecule has 1 amide bonds. The summed E-state index contributed by atoms with van der Waals surface area (Å²) in [7, 11) is 0. The van der Waals surface area contributed by atoms with Crippen molar-refractivity contribution in [2.45, 2.75) is 0 Å². The molecular formula is C19H15BrN2O2. The zero-order chi connectivity index (χ0) is 16.8. The number of benzene rings is 3. The number of nitrogens with one attached hydrogen (secondary N) is 1. The minimum Gasteiger partial charge on any atom is -0.483 e. The molecule has 0 atom stereocenters. The van der Waals surface area contributed by atoms with Crippen molar-refractivity contribution in [3.05, 3.63) is 76.8 Å². The molecule has 4 nitrogen and oxygen atoms in total. The number of carbonyl (C=O) groups excluding carboxylic acids is 1. The Hall–Kier alpha value is -2.66. The average Bonchev–Trinajstić information content (AvgIpc) is 2.62. The Labute approximate surface area is 148 Å². The Bertz CT molecular complexity index is 879. The van der Waals surface area contributed by atoms with Crippen LogP contribution in [0, 0.1) is 0 Å². The molecule has 0 aliphatic heterocycles. The number of hydrogen-bond acceptors (Lipinski definition) is 3. The molecule has 0 spiro atoms. The molecule has 0 bridgehead atoms. The molecule has 0 saturated heterocycles. The fourth-order valence-electron chi connectivity index (χ4n) is 2.22. The average molecular weight is 383 g/mol. The van der Waals surface area contributed by atoms with Gasteiger partial charge in [-0.1, -0.05) is 60.7 Å². The van der Waals surface area contributed by atoms with Gasteiger partial charge in [0.25, 0.3) is 5.91 Å². The fourth-order valence-corrected chi connectivity index (χ4v) is 2.83. The number of nitrogens with zero attached hydrogens (tertiary/aromatic N) is 1. The highest BCUT2D eigenvalue weighted by atomic mass is 79.9. The van der Waals surface area contributed by atoms with E-state index in [-0.39, 0.29) is 12.5 Å². The molecule has 1 N–H and O–H groups in total. The second-order valence-electron chi connectivity index (χ2n) is 5.09.